The highest BCUT2D eigenvalue weighted by atomic mass is 16.5. The van der Waals surface area contributed by atoms with Gasteiger partial charge in [0.15, 0.2) is 6.10 Å². The van der Waals surface area contributed by atoms with Crippen LogP contribution in [0.25, 0.3) is 0 Å². The van der Waals surface area contributed by atoms with Gasteiger partial charge < -0.3 is 14.8 Å². The van der Waals surface area contributed by atoms with E-state index in [1.807, 2.05) is 38.1 Å². The van der Waals surface area contributed by atoms with E-state index in [1.54, 1.807) is 38.3 Å². The number of methoxy groups -OCH3 is 1. The second kappa shape index (κ2) is 7.68. The lowest BCUT2D eigenvalue weighted by Gasteiger charge is -2.19. The van der Waals surface area contributed by atoms with Crippen molar-refractivity contribution in [3.8, 4) is 11.5 Å². The Morgan fingerprint density at radius 1 is 0.957 bits per heavy atom. The number of hydrogen-bond acceptors (Lipinski definition) is 3. The number of nitrogens with one attached hydrogen (secondary N) is 1. The number of carbonyl (C=O) groups excluding carboxylic acids is 1. The largest absolute Gasteiger partial charge is 0.497 e. The molecular formula is C19H23NO3. The van der Waals surface area contributed by atoms with Gasteiger partial charge in [-0.05, 0) is 50.6 Å². The molecule has 1 N–H and O–H groups in total. The maximum Gasteiger partial charge on any atom is 0.261 e. The summed E-state index contributed by atoms with van der Waals surface area (Å²) in [6, 6.07) is 15.2. The second-order valence-electron chi connectivity index (χ2n) is 5.58. The number of hydrogen-bond donors (Lipinski definition) is 1. The van der Waals surface area contributed by atoms with E-state index < -0.39 is 6.10 Å². The van der Waals surface area contributed by atoms with Gasteiger partial charge in [0.1, 0.15) is 11.5 Å². The summed E-state index contributed by atoms with van der Waals surface area (Å²) in [4.78, 5) is 12.3. The maximum atomic E-state index is 12.3. The molecule has 0 spiro atoms. The van der Waals surface area contributed by atoms with Crippen molar-refractivity contribution in [1.29, 1.82) is 0 Å². The zero-order valence-electron chi connectivity index (χ0n) is 14.0. The molecule has 0 saturated heterocycles. The molecule has 2 rings (SSSR count). The molecule has 23 heavy (non-hydrogen) atoms. The normalized spacial score (nSPS) is 13.0. The molecule has 0 unspecified atom stereocenters. The van der Waals surface area contributed by atoms with Gasteiger partial charge in [-0.15, -0.1) is 0 Å². The van der Waals surface area contributed by atoms with Gasteiger partial charge in [0, 0.05) is 0 Å². The zero-order valence-corrected chi connectivity index (χ0v) is 14.0. The summed E-state index contributed by atoms with van der Waals surface area (Å²) in [6.07, 6.45) is -0.573. The molecule has 0 aliphatic carbocycles. The molecule has 0 bridgehead atoms. The fourth-order valence-corrected chi connectivity index (χ4v) is 2.18. The number of aryl methyl sites for hydroxylation is 1. The minimum atomic E-state index is -0.573. The SMILES string of the molecule is COc1ccc(O[C@H](C)C(=O)N[C@H](C)c2ccc(C)cc2)cc1. The molecule has 0 aliphatic rings. The van der Waals surface area contributed by atoms with Crippen molar-refractivity contribution in [2.75, 3.05) is 7.11 Å². The van der Waals surface area contributed by atoms with Crippen LogP contribution in [-0.2, 0) is 4.79 Å². The smallest absolute Gasteiger partial charge is 0.261 e. The van der Waals surface area contributed by atoms with Crippen LogP contribution < -0.4 is 14.8 Å². The van der Waals surface area contributed by atoms with E-state index >= 15 is 0 Å². The fourth-order valence-electron chi connectivity index (χ4n) is 2.18. The molecule has 0 fully saturated rings. The number of amides is 1. The molecule has 0 aliphatic heterocycles. The maximum absolute atomic E-state index is 12.3. The first-order valence-corrected chi connectivity index (χ1v) is 7.67. The van der Waals surface area contributed by atoms with E-state index in [9.17, 15) is 4.79 Å². The Balaban J connectivity index is 1.92. The Morgan fingerprint density at radius 2 is 1.52 bits per heavy atom. The van der Waals surface area contributed by atoms with Gasteiger partial charge in [0.25, 0.3) is 5.91 Å². The highest BCUT2D eigenvalue weighted by Gasteiger charge is 2.17. The lowest BCUT2D eigenvalue weighted by atomic mass is 10.1. The summed E-state index contributed by atoms with van der Waals surface area (Å²) < 4.78 is 10.8. The topological polar surface area (TPSA) is 47.6 Å². The molecule has 2 atom stereocenters. The lowest BCUT2D eigenvalue weighted by Crippen LogP contribution is -2.37. The van der Waals surface area contributed by atoms with Crippen molar-refractivity contribution in [1.82, 2.24) is 5.32 Å². The second-order valence-corrected chi connectivity index (χ2v) is 5.58. The molecule has 0 aromatic heterocycles. The number of benzene rings is 2. The molecule has 2 aromatic carbocycles. The summed E-state index contributed by atoms with van der Waals surface area (Å²) in [5.41, 5.74) is 2.27. The molecule has 4 heteroatoms. The summed E-state index contributed by atoms with van der Waals surface area (Å²) in [7, 11) is 1.61. The highest BCUT2D eigenvalue weighted by molar-refractivity contribution is 5.81. The first kappa shape index (κ1) is 16.9. The van der Waals surface area contributed by atoms with Crippen LogP contribution in [0.1, 0.15) is 31.0 Å². The van der Waals surface area contributed by atoms with Crippen molar-refractivity contribution in [3.05, 3.63) is 59.7 Å². The number of rotatable bonds is 6. The third kappa shape index (κ3) is 4.74. The van der Waals surface area contributed by atoms with Crippen LogP contribution in [-0.4, -0.2) is 19.1 Å². The van der Waals surface area contributed by atoms with Crippen LogP contribution in [0, 0.1) is 6.92 Å². The quantitative estimate of drug-likeness (QED) is 0.885. The zero-order chi connectivity index (χ0) is 16.8. The molecule has 2 aromatic rings. The van der Waals surface area contributed by atoms with E-state index in [0.29, 0.717) is 5.75 Å². The van der Waals surface area contributed by atoms with Crippen molar-refractivity contribution in [3.63, 3.8) is 0 Å². The van der Waals surface area contributed by atoms with Gasteiger partial charge in [0.05, 0.1) is 13.2 Å². The first-order valence-electron chi connectivity index (χ1n) is 7.67. The third-order valence-electron chi connectivity index (χ3n) is 3.68. The van der Waals surface area contributed by atoms with E-state index in [4.69, 9.17) is 9.47 Å². The monoisotopic (exact) mass is 313 g/mol. The number of carbonyl (C=O) groups is 1. The van der Waals surface area contributed by atoms with Gasteiger partial charge in [-0.25, -0.2) is 0 Å². The van der Waals surface area contributed by atoms with Crippen molar-refractivity contribution in [2.24, 2.45) is 0 Å². The standard InChI is InChI=1S/C19H23NO3/c1-13-5-7-16(8-6-13)14(2)20-19(21)15(3)23-18-11-9-17(22-4)10-12-18/h5-12,14-15H,1-4H3,(H,20,21)/t14-,15-/m1/s1. The van der Waals surface area contributed by atoms with Crippen molar-refractivity contribution in [2.45, 2.75) is 32.9 Å². The van der Waals surface area contributed by atoms with Gasteiger partial charge in [0.2, 0.25) is 0 Å². The Hall–Kier alpha value is -2.49. The molecule has 1 amide bonds. The summed E-state index contributed by atoms with van der Waals surface area (Å²) in [6.45, 7) is 5.74. The Kier molecular flexibility index (Phi) is 5.63. The van der Waals surface area contributed by atoms with E-state index in [1.165, 1.54) is 5.56 Å². The first-order chi connectivity index (χ1) is 11.0. The molecule has 4 nitrogen and oxygen atoms in total. The minimum Gasteiger partial charge on any atom is -0.497 e. The summed E-state index contributed by atoms with van der Waals surface area (Å²) in [5.74, 6) is 1.24. The molecular weight excluding hydrogens is 290 g/mol. The van der Waals surface area contributed by atoms with Gasteiger partial charge in [-0.3, -0.25) is 4.79 Å². The predicted octanol–water partition coefficient (Wildman–Crippen LogP) is 3.65. The minimum absolute atomic E-state index is 0.0648. The van der Waals surface area contributed by atoms with Gasteiger partial charge in [-0.1, -0.05) is 29.8 Å². The van der Waals surface area contributed by atoms with Gasteiger partial charge in [-0.2, -0.15) is 0 Å². The molecule has 0 saturated carbocycles. The van der Waals surface area contributed by atoms with Crippen molar-refractivity contribution >= 4 is 5.91 Å². The Bertz CT molecular complexity index is 635. The van der Waals surface area contributed by atoms with E-state index in [2.05, 4.69) is 5.32 Å². The summed E-state index contributed by atoms with van der Waals surface area (Å²) >= 11 is 0. The van der Waals surface area contributed by atoms with Gasteiger partial charge >= 0.3 is 0 Å². The molecule has 0 radical (unpaired) electrons. The Labute approximate surface area is 137 Å². The predicted molar refractivity (Wildman–Crippen MR) is 90.8 cm³/mol. The summed E-state index contributed by atoms with van der Waals surface area (Å²) in [5, 5.41) is 2.97. The van der Waals surface area contributed by atoms with Crippen LogP contribution in [0.3, 0.4) is 0 Å². The average molecular weight is 313 g/mol. The van der Waals surface area contributed by atoms with E-state index in [0.717, 1.165) is 11.3 Å². The van der Waals surface area contributed by atoms with E-state index in [-0.39, 0.29) is 11.9 Å². The highest BCUT2D eigenvalue weighted by Crippen LogP contribution is 2.19. The van der Waals surface area contributed by atoms with Crippen molar-refractivity contribution < 1.29 is 14.3 Å². The van der Waals surface area contributed by atoms with Crippen LogP contribution in [0.2, 0.25) is 0 Å². The van der Waals surface area contributed by atoms with Crippen LogP contribution in [0.15, 0.2) is 48.5 Å². The number of ether oxygens (including phenoxy) is 2. The van der Waals surface area contributed by atoms with Crippen LogP contribution in [0.5, 0.6) is 11.5 Å². The molecule has 122 valence electrons. The lowest BCUT2D eigenvalue weighted by molar-refractivity contribution is -0.127. The Morgan fingerprint density at radius 3 is 2.09 bits per heavy atom. The third-order valence-corrected chi connectivity index (χ3v) is 3.68. The molecule has 0 heterocycles. The van der Waals surface area contributed by atoms with Crippen LogP contribution in [0.4, 0.5) is 0 Å². The van der Waals surface area contributed by atoms with Crippen LogP contribution >= 0.6 is 0 Å². The average Bonchev–Trinajstić information content (AvgIpc) is 2.56. The fraction of sp³-hybridized carbons (Fsp3) is 0.316.